The first-order valence-corrected chi connectivity index (χ1v) is 5.96. The maximum absolute atomic E-state index is 3.44. The van der Waals surface area contributed by atoms with Crippen molar-refractivity contribution in [2.75, 3.05) is 11.4 Å². The van der Waals surface area contributed by atoms with E-state index in [0.29, 0.717) is 5.41 Å². The average Bonchev–Trinajstić information content (AvgIpc) is 3.02. The predicted octanol–water partition coefficient (Wildman–Crippen LogP) is 3.13. The predicted molar refractivity (Wildman–Crippen MR) is 63.3 cm³/mol. The summed E-state index contributed by atoms with van der Waals surface area (Å²) in [5.74, 6) is 0. The zero-order chi connectivity index (χ0) is 10.5. The Morgan fingerprint density at radius 2 is 2.12 bits per heavy atom. The second-order valence-corrected chi connectivity index (χ2v) is 5.49. The van der Waals surface area contributed by atoms with E-state index in [4.69, 9.17) is 0 Å². The van der Waals surface area contributed by atoms with Crippen LogP contribution in [0.15, 0.2) is 18.2 Å². The van der Waals surface area contributed by atoms with Crippen molar-refractivity contribution in [3.05, 3.63) is 29.8 Å². The van der Waals surface area contributed by atoms with Crippen LogP contribution in [0, 0.1) is 6.07 Å². The van der Waals surface area contributed by atoms with Crippen molar-refractivity contribution in [2.45, 2.75) is 44.6 Å². The van der Waals surface area contributed by atoms with Crippen LogP contribution in [0.5, 0.6) is 0 Å². The Hall–Kier alpha value is 0.124. The van der Waals surface area contributed by atoms with Crippen LogP contribution in [0.4, 0.5) is 5.69 Å². The van der Waals surface area contributed by atoms with Crippen LogP contribution < -0.4 is 4.90 Å². The van der Waals surface area contributed by atoms with E-state index in [1.165, 1.54) is 37.1 Å². The Balaban J connectivity index is 0.000000963. The summed E-state index contributed by atoms with van der Waals surface area (Å²) in [5, 5.41) is 0. The normalized spacial score (nSPS) is 22.2. The van der Waals surface area contributed by atoms with Crippen LogP contribution >= 0.6 is 0 Å². The van der Waals surface area contributed by atoms with Gasteiger partial charge < -0.3 is 4.90 Å². The van der Waals surface area contributed by atoms with Gasteiger partial charge in [0.05, 0.1) is 0 Å². The molecule has 1 aliphatic heterocycles. The van der Waals surface area contributed by atoms with Crippen molar-refractivity contribution < 1.29 is 32.7 Å². The molecule has 0 bridgehead atoms. The number of benzene rings is 1. The van der Waals surface area contributed by atoms with Gasteiger partial charge in [0, 0.05) is 12.6 Å². The molecule has 0 N–H and O–H groups in total. The van der Waals surface area contributed by atoms with Crippen LogP contribution in [-0.4, -0.2) is 12.6 Å². The van der Waals surface area contributed by atoms with Crippen LogP contribution in [-0.2, 0) is 38.1 Å². The molecule has 80 valence electrons. The summed E-state index contributed by atoms with van der Waals surface area (Å²) in [4.78, 5) is 2.57. The van der Waals surface area contributed by atoms with Gasteiger partial charge in [0.15, 0.2) is 0 Å². The monoisotopic (exact) mass is 289 g/mol. The molecule has 1 heterocycles. The first-order valence-electron chi connectivity index (χ1n) is 5.96. The largest absolute Gasteiger partial charge is 3.00 e. The van der Waals surface area contributed by atoms with Crippen molar-refractivity contribution in [3.63, 3.8) is 0 Å². The Kier molecular flexibility index (Phi) is 3.48. The number of nitrogens with zero attached hydrogens (tertiary/aromatic N) is 1. The fourth-order valence-corrected chi connectivity index (χ4v) is 2.61. The second-order valence-electron chi connectivity index (χ2n) is 5.49. The molecule has 1 aromatic rings. The molecule has 0 aromatic heterocycles. The van der Waals surface area contributed by atoms with Gasteiger partial charge in [-0.3, -0.25) is 0 Å². The minimum atomic E-state index is 0. The summed E-state index contributed by atoms with van der Waals surface area (Å²) in [6.07, 6.45) is 4.03. The average molecular weight is 289 g/mol. The molecule has 1 aromatic carbocycles. The molecule has 0 spiro atoms. The molecular weight excluding hydrogens is 271 g/mol. The van der Waals surface area contributed by atoms with Crippen LogP contribution in [0.1, 0.15) is 38.7 Å². The molecular formula is C14H18NY+2. The van der Waals surface area contributed by atoms with Crippen molar-refractivity contribution in [2.24, 2.45) is 0 Å². The van der Waals surface area contributed by atoms with Crippen molar-refractivity contribution >= 4 is 5.69 Å². The van der Waals surface area contributed by atoms with Gasteiger partial charge in [-0.1, -0.05) is 24.9 Å². The Labute approximate surface area is 123 Å². The van der Waals surface area contributed by atoms with E-state index in [0.717, 1.165) is 6.04 Å². The maximum Gasteiger partial charge on any atom is 3.00 e. The second kappa shape index (κ2) is 4.42. The third kappa shape index (κ3) is 2.09. The number of para-hydroxylation sites is 1. The number of hydrogen-bond donors (Lipinski definition) is 0. The van der Waals surface area contributed by atoms with Gasteiger partial charge in [0.2, 0.25) is 0 Å². The number of rotatable bonds is 1. The summed E-state index contributed by atoms with van der Waals surface area (Å²) < 4.78 is 0. The summed E-state index contributed by atoms with van der Waals surface area (Å²) >= 11 is 0. The van der Waals surface area contributed by atoms with Crippen LogP contribution in [0.25, 0.3) is 0 Å². The van der Waals surface area contributed by atoms with E-state index < -0.39 is 0 Å². The molecule has 3 rings (SSSR count). The standard InChI is InChI=1S/C14H18N.Y/c1-14(2)9-10-15(11-7-8-11)13-6-4-3-5-12(13)14;/h3-5,11H,7-10H2,1-2H3;/q-1;+3. The van der Waals surface area contributed by atoms with Crippen molar-refractivity contribution in [1.82, 2.24) is 0 Å². The molecule has 0 unspecified atom stereocenters. The molecule has 0 atom stereocenters. The summed E-state index contributed by atoms with van der Waals surface area (Å²) in [5.41, 5.74) is 3.19. The smallest absolute Gasteiger partial charge is 0.390 e. The maximum atomic E-state index is 3.44. The minimum Gasteiger partial charge on any atom is -0.390 e. The molecule has 2 aliphatic rings. The SMILES string of the molecule is CC1(C)CCN(C2CC2)c2[c-]cccc21.[Y+3]. The fraction of sp³-hybridized carbons (Fsp3) is 0.571. The van der Waals surface area contributed by atoms with E-state index >= 15 is 0 Å². The van der Waals surface area contributed by atoms with Crippen molar-refractivity contribution in [3.8, 4) is 0 Å². The quantitative estimate of drug-likeness (QED) is 0.718. The molecule has 1 aliphatic carbocycles. The zero-order valence-electron chi connectivity index (χ0n) is 10.2. The van der Waals surface area contributed by atoms with Gasteiger partial charge >= 0.3 is 32.7 Å². The molecule has 2 heteroatoms. The summed E-state index contributed by atoms with van der Waals surface area (Å²) in [6, 6.07) is 10.7. The van der Waals surface area contributed by atoms with Crippen LogP contribution in [0.2, 0.25) is 0 Å². The topological polar surface area (TPSA) is 3.24 Å². The third-order valence-corrected chi connectivity index (χ3v) is 3.82. The van der Waals surface area contributed by atoms with Gasteiger partial charge in [-0.2, -0.15) is 24.3 Å². The number of fused-ring (bicyclic) bond motifs is 1. The molecule has 0 saturated heterocycles. The molecule has 16 heavy (non-hydrogen) atoms. The Morgan fingerprint density at radius 3 is 2.81 bits per heavy atom. The van der Waals surface area contributed by atoms with E-state index in [9.17, 15) is 0 Å². The first kappa shape index (κ1) is 12.6. The summed E-state index contributed by atoms with van der Waals surface area (Å²) in [6.45, 7) is 5.92. The van der Waals surface area contributed by atoms with Gasteiger partial charge in [-0.05, 0) is 19.3 Å². The molecule has 1 nitrogen and oxygen atoms in total. The molecule has 0 amide bonds. The molecule has 1 saturated carbocycles. The van der Waals surface area contributed by atoms with E-state index in [2.05, 4.69) is 43.0 Å². The molecule has 1 fully saturated rings. The fourth-order valence-electron chi connectivity index (χ4n) is 2.61. The van der Waals surface area contributed by atoms with Gasteiger partial charge in [0.25, 0.3) is 0 Å². The van der Waals surface area contributed by atoms with Gasteiger partial charge in [-0.25, -0.2) is 0 Å². The zero-order valence-corrected chi connectivity index (χ0v) is 13.0. The Bertz CT molecular complexity index is 382. The number of hydrogen-bond acceptors (Lipinski definition) is 1. The minimum absolute atomic E-state index is 0. The third-order valence-electron chi connectivity index (χ3n) is 3.82. The van der Waals surface area contributed by atoms with Crippen LogP contribution in [0.3, 0.4) is 0 Å². The van der Waals surface area contributed by atoms with Crippen molar-refractivity contribution in [1.29, 1.82) is 0 Å². The Morgan fingerprint density at radius 1 is 1.38 bits per heavy atom. The molecule has 0 radical (unpaired) electrons. The van der Waals surface area contributed by atoms with E-state index in [1.54, 1.807) is 0 Å². The first-order chi connectivity index (χ1) is 7.18. The number of anilines is 1. The van der Waals surface area contributed by atoms with E-state index in [1.807, 2.05) is 0 Å². The van der Waals surface area contributed by atoms with Gasteiger partial charge in [0.1, 0.15) is 0 Å². The van der Waals surface area contributed by atoms with E-state index in [-0.39, 0.29) is 32.7 Å². The van der Waals surface area contributed by atoms with Gasteiger partial charge in [-0.15, -0.1) is 5.56 Å². The summed E-state index contributed by atoms with van der Waals surface area (Å²) in [7, 11) is 0.